The predicted octanol–water partition coefficient (Wildman–Crippen LogP) is 3.15. The number of halogens is 1. The number of hydrogen-bond donors (Lipinski definition) is 2. The molecule has 2 N–H and O–H groups in total. The van der Waals surface area contributed by atoms with Gasteiger partial charge < -0.3 is 15.5 Å². The van der Waals surface area contributed by atoms with Crippen molar-refractivity contribution in [3.05, 3.63) is 90.0 Å². The normalized spacial score (nSPS) is 14.9. The predicted molar refractivity (Wildman–Crippen MR) is 130 cm³/mol. The summed E-state index contributed by atoms with van der Waals surface area (Å²) in [6, 6.07) is 17.7. The maximum Gasteiger partial charge on any atom is 0.313 e. The van der Waals surface area contributed by atoms with Crippen molar-refractivity contribution in [1.29, 1.82) is 0 Å². The second kappa shape index (κ2) is 10.9. The number of piperazine rings is 1. The third-order valence-corrected chi connectivity index (χ3v) is 5.96. The van der Waals surface area contributed by atoms with Gasteiger partial charge in [-0.3, -0.25) is 19.5 Å². The van der Waals surface area contributed by atoms with Crippen LogP contribution in [0.3, 0.4) is 0 Å². The summed E-state index contributed by atoms with van der Waals surface area (Å²) in [5.74, 6) is -1.63. The average Bonchev–Trinajstić information content (AvgIpc) is 2.85. The second-order valence-electron chi connectivity index (χ2n) is 8.31. The number of aryl methyl sites for hydroxylation is 1. The largest absolute Gasteiger partial charge is 0.367 e. The van der Waals surface area contributed by atoms with Gasteiger partial charge in [-0.2, -0.15) is 0 Å². The number of hydrogen-bond acceptors (Lipinski definition) is 5. The Hall–Kier alpha value is -3.78. The Labute approximate surface area is 198 Å². The van der Waals surface area contributed by atoms with Gasteiger partial charge >= 0.3 is 11.8 Å². The molecule has 0 radical (unpaired) electrons. The van der Waals surface area contributed by atoms with Crippen molar-refractivity contribution in [2.75, 3.05) is 42.9 Å². The van der Waals surface area contributed by atoms with Crippen LogP contribution in [0.1, 0.15) is 17.2 Å². The molecular formula is C26H28FN5O2. The molecule has 1 aromatic heterocycles. The summed E-state index contributed by atoms with van der Waals surface area (Å²) in [6.07, 6.45) is 3.47. The molecule has 3 aromatic rings. The lowest BCUT2D eigenvalue weighted by Gasteiger charge is -2.40. The number of para-hydroxylation sites is 1. The number of carbonyl (C=O) groups excluding carboxylic acids is 2. The van der Waals surface area contributed by atoms with Gasteiger partial charge in [-0.25, -0.2) is 4.39 Å². The lowest BCUT2D eigenvalue weighted by atomic mass is 10.1. The molecule has 34 heavy (non-hydrogen) atoms. The van der Waals surface area contributed by atoms with E-state index in [1.807, 2.05) is 42.2 Å². The Morgan fingerprint density at radius 2 is 1.79 bits per heavy atom. The van der Waals surface area contributed by atoms with Gasteiger partial charge in [0, 0.05) is 50.8 Å². The van der Waals surface area contributed by atoms with Crippen LogP contribution in [0, 0.1) is 12.7 Å². The molecule has 0 unspecified atom stereocenters. The first kappa shape index (κ1) is 23.4. The van der Waals surface area contributed by atoms with Gasteiger partial charge in [0.2, 0.25) is 0 Å². The lowest BCUT2D eigenvalue weighted by Crippen LogP contribution is -2.50. The molecule has 1 aliphatic heterocycles. The number of pyridine rings is 1. The Morgan fingerprint density at radius 1 is 1.00 bits per heavy atom. The van der Waals surface area contributed by atoms with E-state index in [9.17, 15) is 14.0 Å². The second-order valence-corrected chi connectivity index (χ2v) is 8.31. The topological polar surface area (TPSA) is 77.6 Å². The molecule has 0 saturated carbocycles. The van der Waals surface area contributed by atoms with E-state index in [1.54, 1.807) is 36.7 Å². The van der Waals surface area contributed by atoms with Gasteiger partial charge in [0.15, 0.2) is 0 Å². The number of nitrogens with zero attached hydrogens (tertiary/aromatic N) is 3. The summed E-state index contributed by atoms with van der Waals surface area (Å²) in [5, 5.41) is 5.41. The highest BCUT2D eigenvalue weighted by molar-refractivity contribution is 6.39. The van der Waals surface area contributed by atoms with E-state index >= 15 is 0 Å². The maximum absolute atomic E-state index is 14.2. The zero-order chi connectivity index (χ0) is 23.9. The lowest BCUT2D eigenvalue weighted by molar-refractivity contribution is -0.136. The fraction of sp³-hybridized carbons (Fsp3) is 0.269. The fourth-order valence-electron chi connectivity index (χ4n) is 4.19. The van der Waals surface area contributed by atoms with Crippen LogP contribution < -0.4 is 15.5 Å². The van der Waals surface area contributed by atoms with Crippen molar-refractivity contribution in [3.63, 3.8) is 0 Å². The summed E-state index contributed by atoms with van der Waals surface area (Å²) in [6.45, 7) is 4.84. The van der Waals surface area contributed by atoms with Crippen molar-refractivity contribution < 1.29 is 14.0 Å². The number of carbonyl (C=O) groups is 2. The molecule has 2 heterocycles. The molecule has 2 amide bonds. The van der Waals surface area contributed by atoms with Crippen LogP contribution in [-0.2, 0) is 9.59 Å². The van der Waals surface area contributed by atoms with Crippen LogP contribution >= 0.6 is 0 Å². The number of benzene rings is 2. The van der Waals surface area contributed by atoms with Crippen LogP contribution in [0.4, 0.5) is 15.8 Å². The highest BCUT2D eigenvalue weighted by Gasteiger charge is 2.27. The minimum atomic E-state index is -0.708. The third kappa shape index (κ3) is 5.77. The first-order valence-corrected chi connectivity index (χ1v) is 11.3. The van der Waals surface area contributed by atoms with Gasteiger partial charge in [0.1, 0.15) is 5.82 Å². The van der Waals surface area contributed by atoms with E-state index in [2.05, 4.69) is 20.5 Å². The molecule has 176 valence electrons. The van der Waals surface area contributed by atoms with E-state index in [-0.39, 0.29) is 18.4 Å². The highest BCUT2D eigenvalue weighted by atomic mass is 19.1. The fourth-order valence-corrected chi connectivity index (χ4v) is 4.19. The Kier molecular flexibility index (Phi) is 7.49. The van der Waals surface area contributed by atoms with Crippen LogP contribution in [0.2, 0.25) is 0 Å². The molecule has 1 fully saturated rings. The van der Waals surface area contributed by atoms with Gasteiger partial charge in [-0.15, -0.1) is 0 Å². The zero-order valence-corrected chi connectivity index (χ0v) is 19.1. The molecule has 7 nitrogen and oxygen atoms in total. The van der Waals surface area contributed by atoms with E-state index in [0.29, 0.717) is 37.6 Å². The minimum absolute atomic E-state index is 0.160. The number of aromatic nitrogens is 1. The molecule has 1 aliphatic rings. The average molecular weight is 462 g/mol. The van der Waals surface area contributed by atoms with Gasteiger partial charge in [0.25, 0.3) is 0 Å². The van der Waals surface area contributed by atoms with Gasteiger partial charge in [0.05, 0.1) is 11.7 Å². The van der Waals surface area contributed by atoms with Crippen molar-refractivity contribution in [1.82, 2.24) is 15.2 Å². The van der Waals surface area contributed by atoms with Gasteiger partial charge in [-0.05, 0) is 48.4 Å². The first-order valence-electron chi connectivity index (χ1n) is 11.3. The zero-order valence-electron chi connectivity index (χ0n) is 19.1. The highest BCUT2D eigenvalue weighted by Crippen LogP contribution is 2.25. The number of rotatable bonds is 6. The van der Waals surface area contributed by atoms with E-state index in [1.165, 1.54) is 6.07 Å². The van der Waals surface area contributed by atoms with Crippen LogP contribution in [0.25, 0.3) is 0 Å². The number of nitrogens with one attached hydrogen (secondary N) is 2. The van der Waals surface area contributed by atoms with Crippen LogP contribution in [0.15, 0.2) is 73.1 Å². The summed E-state index contributed by atoms with van der Waals surface area (Å²) >= 11 is 0. The first-order chi connectivity index (χ1) is 16.5. The third-order valence-electron chi connectivity index (χ3n) is 5.96. The maximum atomic E-state index is 14.2. The summed E-state index contributed by atoms with van der Waals surface area (Å²) < 4.78 is 14.2. The van der Waals surface area contributed by atoms with Crippen LogP contribution in [-0.4, -0.2) is 54.4 Å². The molecule has 2 aromatic carbocycles. The van der Waals surface area contributed by atoms with E-state index in [0.717, 1.165) is 11.1 Å². The minimum Gasteiger partial charge on any atom is -0.367 e. The van der Waals surface area contributed by atoms with E-state index < -0.39 is 11.8 Å². The van der Waals surface area contributed by atoms with Crippen molar-refractivity contribution in [2.24, 2.45) is 0 Å². The molecule has 8 heteroatoms. The van der Waals surface area contributed by atoms with Crippen molar-refractivity contribution in [3.8, 4) is 0 Å². The Balaban J connectivity index is 1.39. The van der Waals surface area contributed by atoms with Gasteiger partial charge in [-0.1, -0.05) is 30.3 Å². The molecule has 0 spiro atoms. The Bertz CT molecular complexity index is 1130. The molecule has 1 atom stereocenters. The Morgan fingerprint density at radius 3 is 2.50 bits per heavy atom. The van der Waals surface area contributed by atoms with Crippen LogP contribution in [0.5, 0.6) is 0 Å². The molecule has 0 aliphatic carbocycles. The number of anilines is 2. The smallest absolute Gasteiger partial charge is 0.313 e. The van der Waals surface area contributed by atoms with E-state index in [4.69, 9.17) is 0 Å². The quantitative estimate of drug-likeness (QED) is 0.552. The van der Waals surface area contributed by atoms with Crippen molar-refractivity contribution in [2.45, 2.75) is 13.0 Å². The molecule has 0 bridgehead atoms. The molecular weight excluding hydrogens is 433 g/mol. The van der Waals surface area contributed by atoms with Crippen molar-refractivity contribution >= 4 is 23.2 Å². The molecule has 1 saturated heterocycles. The summed E-state index contributed by atoms with van der Waals surface area (Å²) in [5.41, 5.74) is 3.11. The standard InChI is InChI=1S/C26H28FN5O2/c1-19-6-4-8-21(16-19)30-26(34)25(33)29-18-24(20-7-5-11-28-17-20)32-14-12-31(13-15-32)23-10-3-2-9-22(23)27/h2-11,16-17,24H,12-15,18H2,1H3,(H,29,33)(H,30,34)/t24-/m0/s1. The summed E-state index contributed by atoms with van der Waals surface area (Å²) in [4.78, 5) is 33.4. The monoisotopic (exact) mass is 461 g/mol. The summed E-state index contributed by atoms with van der Waals surface area (Å²) in [7, 11) is 0. The number of amides is 2. The SMILES string of the molecule is Cc1cccc(NC(=O)C(=O)NC[C@@H](c2cccnc2)N2CCN(c3ccccc3F)CC2)c1. The molecule has 4 rings (SSSR count).